The molecule has 0 spiro atoms. The number of carbonyl (C=O) groups excluding carboxylic acids is 4. The van der Waals surface area contributed by atoms with Crippen LogP contribution in [0.1, 0.15) is 42.2 Å². The van der Waals surface area contributed by atoms with Crippen molar-refractivity contribution in [1.29, 1.82) is 0 Å². The number of esters is 1. The number of anilines is 1. The number of rotatable bonds is 5. The monoisotopic (exact) mass is 415 g/mol. The van der Waals surface area contributed by atoms with Gasteiger partial charge in [-0.05, 0) is 18.2 Å². The summed E-state index contributed by atoms with van der Waals surface area (Å²) in [7, 11) is 1.42. The second kappa shape index (κ2) is 8.23. The number of methoxy groups -OCH3 is 1. The number of benzene rings is 3. The average Bonchev–Trinajstić information content (AvgIpc) is 2.81. The minimum absolute atomic E-state index is 0.121. The van der Waals surface area contributed by atoms with Crippen LogP contribution in [0, 0.1) is 0 Å². The average molecular weight is 415 g/mol. The maximum atomic E-state index is 13.0. The molecule has 0 aromatic heterocycles. The van der Waals surface area contributed by atoms with Crippen LogP contribution in [-0.4, -0.2) is 37.2 Å². The minimum atomic E-state index is -0.720. The van der Waals surface area contributed by atoms with E-state index < -0.39 is 18.5 Å². The van der Waals surface area contributed by atoms with Crippen LogP contribution in [0.15, 0.2) is 66.7 Å². The maximum absolute atomic E-state index is 13.0. The predicted octanol–water partition coefficient (Wildman–Crippen LogP) is 3.27. The smallest absolute Gasteiger partial charge is 0.342 e. The molecule has 3 aromatic rings. The zero-order valence-corrected chi connectivity index (χ0v) is 16.5. The van der Waals surface area contributed by atoms with Crippen molar-refractivity contribution in [2.45, 2.75) is 0 Å². The first-order chi connectivity index (χ1) is 15.0. The van der Waals surface area contributed by atoms with Crippen LogP contribution >= 0.6 is 0 Å². The molecule has 4 rings (SSSR count). The Bertz CT molecular complexity index is 1230. The molecule has 3 aromatic carbocycles. The highest BCUT2D eigenvalue weighted by Gasteiger charge is 2.31. The van der Waals surface area contributed by atoms with E-state index in [-0.39, 0.29) is 39.5 Å². The van der Waals surface area contributed by atoms with E-state index in [4.69, 9.17) is 9.47 Å². The Kier molecular flexibility index (Phi) is 5.32. The van der Waals surface area contributed by atoms with E-state index in [9.17, 15) is 19.2 Å². The van der Waals surface area contributed by atoms with Crippen LogP contribution in [0.25, 0.3) is 0 Å². The Labute approximate surface area is 177 Å². The summed E-state index contributed by atoms with van der Waals surface area (Å²) in [6, 6.07) is 17.7. The number of carbonyl (C=O) groups is 4. The van der Waals surface area contributed by atoms with E-state index in [1.54, 1.807) is 54.6 Å². The van der Waals surface area contributed by atoms with Gasteiger partial charge in [-0.15, -0.1) is 0 Å². The summed E-state index contributed by atoms with van der Waals surface area (Å²) in [6.07, 6.45) is 0. The van der Waals surface area contributed by atoms with Gasteiger partial charge in [0.15, 0.2) is 18.2 Å². The van der Waals surface area contributed by atoms with Crippen molar-refractivity contribution in [3.63, 3.8) is 0 Å². The quantitative estimate of drug-likeness (QED) is 0.503. The van der Waals surface area contributed by atoms with Gasteiger partial charge in [0, 0.05) is 16.7 Å². The second-order valence-electron chi connectivity index (χ2n) is 6.76. The van der Waals surface area contributed by atoms with Crippen molar-refractivity contribution in [3.05, 3.63) is 94.5 Å². The van der Waals surface area contributed by atoms with E-state index >= 15 is 0 Å². The highest BCUT2D eigenvalue weighted by molar-refractivity contribution is 6.30. The van der Waals surface area contributed by atoms with Crippen LogP contribution in [0.5, 0.6) is 5.75 Å². The summed E-state index contributed by atoms with van der Waals surface area (Å²) < 4.78 is 10.2. The first-order valence-corrected chi connectivity index (χ1v) is 9.42. The zero-order chi connectivity index (χ0) is 22.0. The number of fused-ring (bicyclic) bond motifs is 2. The number of hydrogen-bond acceptors (Lipinski definition) is 6. The molecule has 0 radical (unpaired) electrons. The predicted molar refractivity (Wildman–Crippen MR) is 112 cm³/mol. The standard InChI is InChI=1S/C24H17NO6/c1-30-19-12-5-4-9-16(19)24(29)31-13-20(26)25-18-11-6-10-17-21(18)23(28)15-8-3-2-7-14(15)22(17)27/h2-12H,13H2,1H3,(H,25,26). The molecule has 0 aliphatic heterocycles. The molecule has 1 aliphatic carbocycles. The Hall–Kier alpha value is -4.26. The molecular formula is C24H17NO6. The molecule has 31 heavy (non-hydrogen) atoms. The lowest BCUT2D eigenvalue weighted by atomic mass is 9.83. The Morgan fingerprint density at radius 3 is 2.19 bits per heavy atom. The molecule has 0 bridgehead atoms. The van der Waals surface area contributed by atoms with Crippen molar-refractivity contribution >= 4 is 29.1 Å². The highest BCUT2D eigenvalue weighted by atomic mass is 16.5. The third-order valence-electron chi connectivity index (χ3n) is 4.89. The van der Waals surface area contributed by atoms with Crippen LogP contribution in [0.2, 0.25) is 0 Å². The number of nitrogens with one attached hydrogen (secondary N) is 1. The molecule has 1 amide bonds. The van der Waals surface area contributed by atoms with Gasteiger partial charge >= 0.3 is 5.97 Å². The fourth-order valence-corrected chi connectivity index (χ4v) is 3.46. The third-order valence-corrected chi connectivity index (χ3v) is 4.89. The van der Waals surface area contributed by atoms with Gasteiger partial charge in [0.1, 0.15) is 11.3 Å². The lowest BCUT2D eigenvalue weighted by molar-refractivity contribution is -0.119. The van der Waals surface area contributed by atoms with E-state index in [1.807, 2.05) is 0 Å². The lowest BCUT2D eigenvalue weighted by Gasteiger charge is -2.20. The lowest BCUT2D eigenvalue weighted by Crippen LogP contribution is -2.26. The Morgan fingerprint density at radius 1 is 0.806 bits per heavy atom. The van der Waals surface area contributed by atoms with Crippen molar-refractivity contribution in [2.75, 3.05) is 19.0 Å². The summed E-state index contributed by atoms with van der Waals surface area (Å²) in [5, 5.41) is 2.57. The molecule has 0 atom stereocenters. The molecule has 154 valence electrons. The van der Waals surface area contributed by atoms with Gasteiger partial charge in [0.05, 0.1) is 18.4 Å². The molecular weight excluding hydrogens is 398 g/mol. The molecule has 0 unspecified atom stereocenters. The number of amides is 1. The van der Waals surface area contributed by atoms with Crippen LogP contribution in [0.4, 0.5) is 5.69 Å². The molecule has 7 heteroatoms. The summed E-state index contributed by atoms with van der Waals surface area (Å²) >= 11 is 0. The largest absolute Gasteiger partial charge is 0.496 e. The summed E-state index contributed by atoms with van der Waals surface area (Å²) in [4.78, 5) is 50.4. The van der Waals surface area contributed by atoms with Crippen LogP contribution in [0.3, 0.4) is 0 Å². The fraction of sp³-hybridized carbons (Fsp3) is 0.0833. The van der Waals surface area contributed by atoms with E-state index in [0.717, 1.165) is 0 Å². The molecule has 7 nitrogen and oxygen atoms in total. The number of ketones is 2. The van der Waals surface area contributed by atoms with E-state index in [0.29, 0.717) is 11.3 Å². The second-order valence-corrected chi connectivity index (χ2v) is 6.76. The minimum Gasteiger partial charge on any atom is -0.496 e. The number of hydrogen-bond donors (Lipinski definition) is 1. The molecule has 1 N–H and O–H groups in total. The van der Waals surface area contributed by atoms with Crippen molar-refractivity contribution in [1.82, 2.24) is 0 Å². The van der Waals surface area contributed by atoms with Crippen molar-refractivity contribution < 1.29 is 28.7 Å². The van der Waals surface area contributed by atoms with E-state index in [2.05, 4.69) is 5.32 Å². The normalized spacial score (nSPS) is 11.9. The third kappa shape index (κ3) is 3.69. The van der Waals surface area contributed by atoms with Crippen LogP contribution in [-0.2, 0) is 9.53 Å². The van der Waals surface area contributed by atoms with Crippen LogP contribution < -0.4 is 10.1 Å². The van der Waals surface area contributed by atoms with E-state index in [1.165, 1.54) is 19.2 Å². The van der Waals surface area contributed by atoms with Gasteiger partial charge in [-0.2, -0.15) is 0 Å². The first kappa shape index (κ1) is 20.0. The summed E-state index contributed by atoms with van der Waals surface area (Å²) in [5.74, 6) is -1.68. The fourth-order valence-electron chi connectivity index (χ4n) is 3.46. The highest BCUT2D eigenvalue weighted by Crippen LogP contribution is 2.31. The van der Waals surface area contributed by atoms with Gasteiger partial charge in [0.25, 0.3) is 5.91 Å². The van der Waals surface area contributed by atoms with Gasteiger partial charge in [-0.25, -0.2) is 4.79 Å². The molecule has 0 saturated carbocycles. The summed E-state index contributed by atoms with van der Waals surface area (Å²) in [6.45, 7) is -0.570. The van der Waals surface area contributed by atoms with Gasteiger partial charge in [-0.1, -0.05) is 48.5 Å². The Morgan fingerprint density at radius 2 is 1.45 bits per heavy atom. The summed E-state index contributed by atoms with van der Waals surface area (Å²) in [5.41, 5.74) is 1.32. The molecule has 1 aliphatic rings. The van der Waals surface area contributed by atoms with Crippen molar-refractivity contribution in [2.24, 2.45) is 0 Å². The molecule has 0 heterocycles. The Balaban J connectivity index is 1.52. The topological polar surface area (TPSA) is 98.8 Å². The SMILES string of the molecule is COc1ccccc1C(=O)OCC(=O)Nc1cccc2c1C(=O)c1ccccc1C2=O. The van der Waals surface area contributed by atoms with Crippen molar-refractivity contribution in [3.8, 4) is 5.75 Å². The maximum Gasteiger partial charge on any atom is 0.342 e. The number of ether oxygens (including phenoxy) is 2. The molecule has 0 fully saturated rings. The first-order valence-electron chi connectivity index (χ1n) is 9.42. The van der Waals surface area contributed by atoms with Gasteiger partial charge < -0.3 is 14.8 Å². The van der Waals surface area contributed by atoms with Gasteiger partial charge in [-0.3, -0.25) is 14.4 Å². The molecule has 0 saturated heterocycles. The number of para-hydroxylation sites is 1. The van der Waals surface area contributed by atoms with Gasteiger partial charge in [0.2, 0.25) is 0 Å². The zero-order valence-electron chi connectivity index (χ0n) is 16.5.